The SMILES string of the molecule is CC(C)C1(c2cc(Br)ccc2F)CCCCCN1. The predicted octanol–water partition coefficient (Wildman–Crippen LogP) is 4.60. The van der Waals surface area contributed by atoms with Crippen molar-refractivity contribution in [2.45, 2.75) is 45.1 Å². The Balaban J connectivity index is 2.48. The molecular weight excluding hydrogens is 293 g/mol. The van der Waals surface area contributed by atoms with Crippen LogP contribution < -0.4 is 5.32 Å². The van der Waals surface area contributed by atoms with Gasteiger partial charge >= 0.3 is 0 Å². The number of hydrogen-bond acceptors (Lipinski definition) is 1. The topological polar surface area (TPSA) is 12.0 Å². The molecular formula is C15H21BrFN. The van der Waals surface area contributed by atoms with Gasteiger partial charge in [0.2, 0.25) is 0 Å². The minimum Gasteiger partial charge on any atom is -0.307 e. The Morgan fingerprint density at radius 2 is 2.06 bits per heavy atom. The molecule has 1 fully saturated rings. The van der Waals surface area contributed by atoms with Gasteiger partial charge in [-0.1, -0.05) is 42.6 Å². The fourth-order valence-corrected chi connectivity index (χ4v) is 3.34. The van der Waals surface area contributed by atoms with Crippen LogP contribution in [0.2, 0.25) is 0 Å². The maximum absolute atomic E-state index is 14.2. The van der Waals surface area contributed by atoms with E-state index < -0.39 is 0 Å². The van der Waals surface area contributed by atoms with E-state index in [4.69, 9.17) is 0 Å². The molecule has 1 aromatic rings. The summed E-state index contributed by atoms with van der Waals surface area (Å²) in [4.78, 5) is 0. The van der Waals surface area contributed by atoms with E-state index in [0.717, 1.165) is 29.4 Å². The standard InChI is InChI=1S/C15H21BrFN/c1-11(2)15(8-4-3-5-9-18-15)13-10-12(16)6-7-14(13)17/h6-7,10-11,18H,3-5,8-9H2,1-2H3. The number of halogens is 2. The normalized spacial score (nSPS) is 25.2. The van der Waals surface area contributed by atoms with Crippen molar-refractivity contribution in [1.82, 2.24) is 5.32 Å². The monoisotopic (exact) mass is 313 g/mol. The summed E-state index contributed by atoms with van der Waals surface area (Å²) >= 11 is 3.46. The average Bonchev–Trinajstić information content (AvgIpc) is 2.58. The van der Waals surface area contributed by atoms with E-state index in [0.29, 0.717) is 5.92 Å². The molecule has 0 spiro atoms. The van der Waals surface area contributed by atoms with Gasteiger partial charge in [0.15, 0.2) is 0 Å². The highest BCUT2D eigenvalue weighted by Gasteiger charge is 2.37. The average molecular weight is 314 g/mol. The summed E-state index contributed by atoms with van der Waals surface area (Å²) in [5.41, 5.74) is 0.596. The smallest absolute Gasteiger partial charge is 0.128 e. The number of benzene rings is 1. The lowest BCUT2D eigenvalue weighted by Crippen LogP contribution is -2.46. The Labute approximate surface area is 117 Å². The zero-order valence-electron chi connectivity index (χ0n) is 11.1. The molecule has 1 heterocycles. The van der Waals surface area contributed by atoms with Crippen molar-refractivity contribution in [3.8, 4) is 0 Å². The fraction of sp³-hybridized carbons (Fsp3) is 0.600. The van der Waals surface area contributed by atoms with Crippen molar-refractivity contribution in [3.05, 3.63) is 34.1 Å². The van der Waals surface area contributed by atoms with Crippen LogP contribution in [0, 0.1) is 11.7 Å². The Hall–Kier alpha value is -0.410. The Morgan fingerprint density at radius 3 is 2.78 bits per heavy atom. The molecule has 0 radical (unpaired) electrons. The fourth-order valence-electron chi connectivity index (χ4n) is 2.98. The summed E-state index contributed by atoms with van der Waals surface area (Å²) in [5.74, 6) is 0.278. The number of hydrogen-bond donors (Lipinski definition) is 1. The van der Waals surface area contributed by atoms with Gasteiger partial charge in [0.05, 0.1) is 0 Å². The first-order valence-corrected chi connectivity index (χ1v) is 7.56. The van der Waals surface area contributed by atoms with E-state index in [9.17, 15) is 4.39 Å². The molecule has 1 aromatic carbocycles. The molecule has 1 aliphatic rings. The highest BCUT2D eigenvalue weighted by Crippen LogP contribution is 2.38. The second-order valence-corrected chi connectivity index (χ2v) is 6.40. The van der Waals surface area contributed by atoms with Gasteiger partial charge in [-0.25, -0.2) is 4.39 Å². The summed E-state index contributed by atoms with van der Waals surface area (Å²) in [7, 11) is 0. The van der Waals surface area contributed by atoms with Gasteiger partial charge in [-0.05, 0) is 43.5 Å². The molecule has 1 atom stereocenters. The van der Waals surface area contributed by atoms with Gasteiger partial charge in [-0.15, -0.1) is 0 Å². The van der Waals surface area contributed by atoms with Crippen molar-refractivity contribution >= 4 is 15.9 Å². The lowest BCUT2D eigenvalue weighted by molar-refractivity contribution is 0.223. The minimum atomic E-state index is -0.218. The van der Waals surface area contributed by atoms with Crippen LogP contribution in [-0.2, 0) is 5.54 Å². The van der Waals surface area contributed by atoms with E-state index in [1.54, 1.807) is 12.1 Å². The van der Waals surface area contributed by atoms with Gasteiger partial charge in [0, 0.05) is 15.6 Å². The lowest BCUT2D eigenvalue weighted by atomic mass is 9.76. The molecule has 0 aromatic heterocycles. The van der Waals surface area contributed by atoms with Crippen LogP contribution in [0.5, 0.6) is 0 Å². The summed E-state index contributed by atoms with van der Waals surface area (Å²) in [6.45, 7) is 5.33. The van der Waals surface area contributed by atoms with Gasteiger partial charge in [0.25, 0.3) is 0 Å². The first kappa shape index (κ1) is 14.0. The Kier molecular flexibility index (Phi) is 4.44. The molecule has 1 nitrogen and oxygen atoms in total. The van der Waals surface area contributed by atoms with E-state index in [1.165, 1.54) is 12.8 Å². The quantitative estimate of drug-likeness (QED) is 0.841. The van der Waals surface area contributed by atoms with Crippen LogP contribution in [0.4, 0.5) is 4.39 Å². The van der Waals surface area contributed by atoms with Crippen molar-refractivity contribution in [3.63, 3.8) is 0 Å². The maximum Gasteiger partial charge on any atom is 0.128 e. The summed E-state index contributed by atoms with van der Waals surface area (Å²) in [5, 5.41) is 3.62. The van der Waals surface area contributed by atoms with Gasteiger partial charge in [-0.3, -0.25) is 0 Å². The molecule has 0 aliphatic carbocycles. The van der Waals surface area contributed by atoms with Crippen LogP contribution in [0.15, 0.2) is 22.7 Å². The molecule has 0 amide bonds. The second kappa shape index (κ2) is 5.70. The molecule has 3 heteroatoms. The molecule has 2 rings (SSSR count). The minimum absolute atomic E-state index is 0.0960. The summed E-state index contributed by atoms with van der Waals surface area (Å²) in [6.07, 6.45) is 4.59. The lowest BCUT2D eigenvalue weighted by Gasteiger charge is -2.39. The van der Waals surface area contributed by atoms with E-state index >= 15 is 0 Å². The van der Waals surface area contributed by atoms with E-state index in [-0.39, 0.29) is 11.4 Å². The van der Waals surface area contributed by atoms with Gasteiger partial charge in [-0.2, -0.15) is 0 Å². The van der Waals surface area contributed by atoms with Crippen LogP contribution in [0.25, 0.3) is 0 Å². The third-order valence-corrected chi connectivity index (χ3v) is 4.58. The van der Waals surface area contributed by atoms with Crippen LogP contribution in [0.3, 0.4) is 0 Å². The van der Waals surface area contributed by atoms with Crippen molar-refractivity contribution < 1.29 is 4.39 Å². The molecule has 0 saturated carbocycles. The maximum atomic E-state index is 14.2. The molecule has 1 unspecified atom stereocenters. The number of rotatable bonds is 2. The van der Waals surface area contributed by atoms with E-state index in [1.807, 2.05) is 6.07 Å². The van der Waals surface area contributed by atoms with Crippen molar-refractivity contribution in [2.75, 3.05) is 6.54 Å². The second-order valence-electron chi connectivity index (χ2n) is 5.49. The number of nitrogens with one attached hydrogen (secondary N) is 1. The largest absolute Gasteiger partial charge is 0.307 e. The first-order chi connectivity index (χ1) is 8.56. The first-order valence-electron chi connectivity index (χ1n) is 6.77. The highest BCUT2D eigenvalue weighted by atomic mass is 79.9. The predicted molar refractivity (Wildman–Crippen MR) is 77.1 cm³/mol. The molecule has 1 saturated heterocycles. The third-order valence-electron chi connectivity index (χ3n) is 4.08. The van der Waals surface area contributed by atoms with Crippen LogP contribution in [0.1, 0.15) is 45.1 Å². The van der Waals surface area contributed by atoms with Crippen molar-refractivity contribution in [1.29, 1.82) is 0 Å². The van der Waals surface area contributed by atoms with Crippen molar-refractivity contribution in [2.24, 2.45) is 5.92 Å². The van der Waals surface area contributed by atoms with Crippen LogP contribution >= 0.6 is 15.9 Å². The molecule has 18 heavy (non-hydrogen) atoms. The molecule has 1 N–H and O–H groups in total. The third kappa shape index (κ3) is 2.62. The molecule has 1 aliphatic heterocycles. The van der Waals surface area contributed by atoms with E-state index in [2.05, 4.69) is 35.1 Å². The zero-order chi connectivity index (χ0) is 13.2. The molecule has 0 bridgehead atoms. The van der Waals surface area contributed by atoms with Gasteiger partial charge < -0.3 is 5.32 Å². The Morgan fingerprint density at radius 1 is 1.28 bits per heavy atom. The van der Waals surface area contributed by atoms with Crippen LogP contribution in [-0.4, -0.2) is 6.54 Å². The summed E-state index contributed by atoms with van der Waals surface area (Å²) < 4.78 is 15.2. The highest BCUT2D eigenvalue weighted by molar-refractivity contribution is 9.10. The Bertz CT molecular complexity index is 409. The zero-order valence-corrected chi connectivity index (χ0v) is 12.7. The molecule has 100 valence electrons. The summed E-state index contributed by atoms with van der Waals surface area (Å²) in [6, 6.07) is 5.27. The van der Waals surface area contributed by atoms with Gasteiger partial charge in [0.1, 0.15) is 5.82 Å².